The summed E-state index contributed by atoms with van der Waals surface area (Å²) in [6, 6.07) is 9.38. The Morgan fingerprint density at radius 1 is 1.46 bits per heavy atom. The van der Waals surface area contributed by atoms with E-state index in [4.69, 9.17) is 10.8 Å². The van der Waals surface area contributed by atoms with Gasteiger partial charge in [0, 0.05) is 11.4 Å². The first kappa shape index (κ1) is 10.1. The molecule has 0 bridgehead atoms. The van der Waals surface area contributed by atoms with E-state index >= 15 is 0 Å². The number of rotatable bonds is 4. The van der Waals surface area contributed by atoms with Gasteiger partial charge in [-0.2, -0.15) is 0 Å². The van der Waals surface area contributed by atoms with Gasteiger partial charge in [-0.3, -0.25) is 4.79 Å². The van der Waals surface area contributed by atoms with Crippen LogP contribution in [0.3, 0.4) is 0 Å². The lowest BCUT2D eigenvalue weighted by atomic mass is 10.4. The van der Waals surface area contributed by atoms with Gasteiger partial charge in [0.2, 0.25) is 0 Å². The van der Waals surface area contributed by atoms with Crippen LogP contribution < -0.4 is 5.73 Å². The Morgan fingerprint density at radius 2 is 2.08 bits per heavy atom. The molecule has 0 spiro atoms. The van der Waals surface area contributed by atoms with E-state index in [9.17, 15) is 4.79 Å². The number of aliphatic carboxylic acids is 1. The minimum absolute atomic E-state index is 0.148. The summed E-state index contributed by atoms with van der Waals surface area (Å²) in [7, 11) is 0. The maximum atomic E-state index is 10.6. The van der Waals surface area contributed by atoms with Crippen LogP contribution >= 0.6 is 11.8 Å². The van der Waals surface area contributed by atoms with E-state index in [1.807, 2.05) is 30.3 Å². The molecule has 0 saturated carbocycles. The van der Waals surface area contributed by atoms with E-state index in [-0.39, 0.29) is 6.54 Å². The van der Waals surface area contributed by atoms with Gasteiger partial charge in [-0.1, -0.05) is 18.2 Å². The molecular weight excluding hydrogens is 186 g/mol. The monoisotopic (exact) mass is 197 g/mol. The van der Waals surface area contributed by atoms with E-state index < -0.39 is 11.2 Å². The second kappa shape index (κ2) is 4.89. The number of nitrogens with two attached hydrogens (primary N) is 1. The summed E-state index contributed by atoms with van der Waals surface area (Å²) in [6.07, 6.45) is 0. The Morgan fingerprint density at radius 3 is 2.54 bits per heavy atom. The summed E-state index contributed by atoms with van der Waals surface area (Å²) in [5.74, 6) is -0.864. The zero-order valence-corrected chi connectivity index (χ0v) is 7.83. The minimum Gasteiger partial charge on any atom is -0.480 e. The van der Waals surface area contributed by atoms with Crippen LogP contribution in [0.4, 0.5) is 0 Å². The van der Waals surface area contributed by atoms with Crippen LogP contribution in [0.2, 0.25) is 0 Å². The average molecular weight is 197 g/mol. The van der Waals surface area contributed by atoms with Gasteiger partial charge in [-0.15, -0.1) is 11.8 Å². The van der Waals surface area contributed by atoms with E-state index in [0.29, 0.717) is 0 Å². The van der Waals surface area contributed by atoms with Gasteiger partial charge in [-0.05, 0) is 12.1 Å². The Hall–Kier alpha value is -1.00. The summed E-state index contributed by atoms with van der Waals surface area (Å²) < 4.78 is 0. The van der Waals surface area contributed by atoms with Crippen molar-refractivity contribution in [2.75, 3.05) is 6.54 Å². The van der Waals surface area contributed by atoms with Gasteiger partial charge in [-0.25, -0.2) is 0 Å². The lowest BCUT2D eigenvalue weighted by molar-refractivity contribution is -0.136. The highest BCUT2D eigenvalue weighted by molar-refractivity contribution is 8.00. The molecule has 0 aliphatic heterocycles. The molecule has 0 aliphatic rings. The first-order chi connectivity index (χ1) is 6.24. The molecule has 4 heteroatoms. The average Bonchev–Trinajstić information content (AvgIpc) is 2.15. The molecule has 1 rings (SSSR count). The van der Waals surface area contributed by atoms with Crippen molar-refractivity contribution in [3.63, 3.8) is 0 Å². The highest BCUT2D eigenvalue weighted by Gasteiger charge is 2.16. The standard InChI is InChI=1S/C9H11NO2S/c10-6-8(9(11)12)13-7-4-2-1-3-5-7/h1-5,8H,6,10H2,(H,11,12)/t8-/m1/s1. The first-order valence-corrected chi connectivity index (χ1v) is 4.76. The lowest BCUT2D eigenvalue weighted by Gasteiger charge is -2.08. The molecule has 0 radical (unpaired) electrons. The maximum Gasteiger partial charge on any atom is 0.318 e. The lowest BCUT2D eigenvalue weighted by Crippen LogP contribution is -2.25. The Balaban J connectivity index is 2.62. The van der Waals surface area contributed by atoms with Crippen LogP contribution in [0.1, 0.15) is 0 Å². The van der Waals surface area contributed by atoms with Gasteiger partial charge >= 0.3 is 5.97 Å². The van der Waals surface area contributed by atoms with Crippen molar-refractivity contribution in [2.24, 2.45) is 5.73 Å². The van der Waals surface area contributed by atoms with Crippen molar-refractivity contribution in [2.45, 2.75) is 10.1 Å². The summed E-state index contributed by atoms with van der Waals surface area (Å²) in [5, 5.41) is 8.18. The third-order valence-corrected chi connectivity index (χ3v) is 2.73. The van der Waals surface area contributed by atoms with Gasteiger partial charge in [0.25, 0.3) is 0 Å². The summed E-state index contributed by atoms with van der Waals surface area (Å²) in [5.41, 5.74) is 5.32. The maximum absolute atomic E-state index is 10.6. The fourth-order valence-corrected chi connectivity index (χ4v) is 1.70. The van der Waals surface area contributed by atoms with E-state index in [2.05, 4.69) is 0 Å². The number of benzene rings is 1. The molecule has 70 valence electrons. The topological polar surface area (TPSA) is 63.3 Å². The molecule has 3 N–H and O–H groups in total. The Labute approximate surface area is 80.9 Å². The molecule has 0 aliphatic carbocycles. The molecule has 0 aromatic heterocycles. The number of carbonyl (C=O) groups is 1. The molecule has 0 saturated heterocycles. The number of hydrogen-bond donors (Lipinski definition) is 2. The van der Waals surface area contributed by atoms with Crippen molar-refractivity contribution >= 4 is 17.7 Å². The molecule has 1 aromatic carbocycles. The van der Waals surface area contributed by atoms with Crippen LogP contribution in [0.15, 0.2) is 35.2 Å². The third-order valence-electron chi connectivity index (χ3n) is 1.51. The zero-order chi connectivity index (χ0) is 9.68. The molecule has 0 unspecified atom stereocenters. The van der Waals surface area contributed by atoms with E-state index in [1.165, 1.54) is 11.8 Å². The van der Waals surface area contributed by atoms with Gasteiger partial charge in [0.05, 0.1) is 0 Å². The highest BCUT2D eigenvalue weighted by atomic mass is 32.2. The Bertz CT molecular complexity index is 276. The molecule has 0 heterocycles. The third kappa shape index (κ3) is 3.08. The molecule has 1 atom stereocenters. The normalized spacial score (nSPS) is 12.4. The van der Waals surface area contributed by atoms with Crippen LogP contribution in [0.5, 0.6) is 0 Å². The van der Waals surface area contributed by atoms with Crippen molar-refractivity contribution in [1.82, 2.24) is 0 Å². The largest absolute Gasteiger partial charge is 0.480 e. The summed E-state index contributed by atoms with van der Waals surface area (Å²) in [6.45, 7) is 0.148. The fraction of sp³-hybridized carbons (Fsp3) is 0.222. The predicted octanol–water partition coefficient (Wildman–Crippen LogP) is 1.19. The molecule has 1 aromatic rings. The molecule has 3 nitrogen and oxygen atoms in total. The number of carboxylic acids is 1. The van der Waals surface area contributed by atoms with Crippen LogP contribution in [-0.2, 0) is 4.79 Å². The summed E-state index contributed by atoms with van der Waals surface area (Å²) in [4.78, 5) is 11.6. The Kier molecular flexibility index (Phi) is 3.79. The predicted molar refractivity (Wildman–Crippen MR) is 52.8 cm³/mol. The molecule has 0 amide bonds. The van der Waals surface area contributed by atoms with Crippen LogP contribution in [0.25, 0.3) is 0 Å². The SMILES string of the molecule is NC[C@@H](Sc1ccccc1)C(=O)O. The highest BCUT2D eigenvalue weighted by Crippen LogP contribution is 2.22. The molecular formula is C9H11NO2S. The second-order valence-corrected chi connectivity index (χ2v) is 3.77. The first-order valence-electron chi connectivity index (χ1n) is 3.88. The van der Waals surface area contributed by atoms with Crippen molar-refractivity contribution in [1.29, 1.82) is 0 Å². The molecule has 0 fully saturated rings. The second-order valence-electron chi connectivity index (χ2n) is 2.49. The van der Waals surface area contributed by atoms with Crippen LogP contribution in [0, 0.1) is 0 Å². The zero-order valence-electron chi connectivity index (χ0n) is 7.01. The quantitative estimate of drug-likeness (QED) is 0.712. The van der Waals surface area contributed by atoms with Crippen molar-refractivity contribution < 1.29 is 9.90 Å². The van der Waals surface area contributed by atoms with Gasteiger partial charge in [0.1, 0.15) is 5.25 Å². The number of thioether (sulfide) groups is 1. The van der Waals surface area contributed by atoms with Gasteiger partial charge in [0.15, 0.2) is 0 Å². The van der Waals surface area contributed by atoms with E-state index in [1.54, 1.807) is 0 Å². The smallest absolute Gasteiger partial charge is 0.318 e. The molecule has 13 heavy (non-hydrogen) atoms. The minimum atomic E-state index is -0.864. The van der Waals surface area contributed by atoms with E-state index in [0.717, 1.165) is 4.90 Å². The van der Waals surface area contributed by atoms with Crippen LogP contribution in [-0.4, -0.2) is 22.9 Å². The number of carboxylic acid groups (broad SMARTS) is 1. The summed E-state index contributed by atoms with van der Waals surface area (Å²) >= 11 is 1.27. The fourth-order valence-electron chi connectivity index (χ4n) is 0.863. The van der Waals surface area contributed by atoms with Crippen molar-refractivity contribution in [3.05, 3.63) is 30.3 Å². The number of hydrogen-bond acceptors (Lipinski definition) is 3. The van der Waals surface area contributed by atoms with Gasteiger partial charge < -0.3 is 10.8 Å². The van der Waals surface area contributed by atoms with Crippen molar-refractivity contribution in [3.8, 4) is 0 Å².